The summed E-state index contributed by atoms with van der Waals surface area (Å²) < 4.78 is 13.0. The van der Waals surface area contributed by atoms with Crippen molar-refractivity contribution >= 4 is 15.9 Å². The van der Waals surface area contributed by atoms with Crippen LogP contribution in [0.1, 0.15) is 5.56 Å². The van der Waals surface area contributed by atoms with Gasteiger partial charge < -0.3 is 0 Å². The average Bonchev–Trinajstić information content (AvgIpc) is 2.09. The monoisotopic (exact) mass is 231 g/mol. The summed E-state index contributed by atoms with van der Waals surface area (Å²) in [5.41, 5.74) is 1.49. The number of benzene rings is 1. The van der Waals surface area contributed by atoms with E-state index in [2.05, 4.69) is 15.9 Å². The number of nitrogens with zero attached hydrogens (tertiary/aromatic N) is 1. The second kappa shape index (κ2) is 4.58. The van der Waals surface area contributed by atoms with Crippen LogP contribution in [0.15, 0.2) is 24.3 Å². The van der Waals surface area contributed by atoms with Gasteiger partial charge in [0.2, 0.25) is 0 Å². The summed E-state index contributed by atoms with van der Waals surface area (Å²) in [6.45, 7) is 0.637. The lowest BCUT2D eigenvalue weighted by Crippen LogP contribution is -2.15. The molecule has 0 aliphatic rings. The zero-order valence-electron chi connectivity index (χ0n) is 6.93. The Morgan fingerprint density at radius 3 is 2.67 bits per heavy atom. The van der Waals surface area contributed by atoms with Crippen molar-refractivity contribution in [3.63, 3.8) is 0 Å². The zero-order valence-corrected chi connectivity index (χ0v) is 8.51. The number of hydrogen-bond acceptors (Lipinski definition) is 1. The van der Waals surface area contributed by atoms with Crippen LogP contribution in [0.3, 0.4) is 0 Å². The SMILES string of the molecule is CN(CBr)Cc1ccccc1F. The molecule has 12 heavy (non-hydrogen) atoms. The van der Waals surface area contributed by atoms with Gasteiger partial charge in [-0.3, -0.25) is 4.90 Å². The van der Waals surface area contributed by atoms with Crippen molar-refractivity contribution in [2.45, 2.75) is 6.54 Å². The maximum absolute atomic E-state index is 13.0. The Morgan fingerprint density at radius 2 is 2.08 bits per heavy atom. The molecule has 1 rings (SSSR count). The predicted molar refractivity (Wildman–Crippen MR) is 51.7 cm³/mol. The first kappa shape index (κ1) is 9.68. The molecule has 0 atom stereocenters. The summed E-state index contributed by atoms with van der Waals surface area (Å²) in [6.07, 6.45) is 0. The van der Waals surface area contributed by atoms with Crippen molar-refractivity contribution in [2.24, 2.45) is 0 Å². The zero-order chi connectivity index (χ0) is 8.97. The quantitative estimate of drug-likeness (QED) is 0.572. The van der Waals surface area contributed by atoms with E-state index in [1.54, 1.807) is 12.1 Å². The molecule has 0 amide bonds. The fourth-order valence-electron chi connectivity index (χ4n) is 0.960. The normalized spacial score (nSPS) is 10.7. The number of rotatable bonds is 3. The van der Waals surface area contributed by atoms with E-state index in [4.69, 9.17) is 0 Å². The number of halogens is 2. The molecule has 0 unspecified atom stereocenters. The van der Waals surface area contributed by atoms with Crippen LogP contribution >= 0.6 is 15.9 Å². The minimum Gasteiger partial charge on any atom is -0.292 e. The minimum absolute atomic E-state index is 0.134. The first-order valence-electron chi connectivity index (χ1n) is 3.72. The van der Waals surface area contributed by atoms with Crippen molar-refractivity contribution in [1.29, 1.82) is 0 Å². The van der Waals surface area contributed by atoms with Gasteiger partial charge in [0.25, 0.3) is 0 Å². The summed E-state index contributed by atoms with van der Waals surface area (Å²) in [4.78, 5) is 1.98. The molecule has 0 bridgehead atoms. The molecule has 0 saturated heterocycles. The predicted octanol–water partition coefficient (Wildman–Crippen LogP) is 2.61. The van der Waals surface area contributed by atoms with E-state index < -0.39 is 0 Å². The van der Waals surface area contributed by atoms with Crippen LogP contribution < -0.4 is 0 Å². The van der Waals surface area contributed by atoms with E-state index in [-0.39, 0.29) is 5.82 Å². The van der Waals surface area contributed by atoms with Gasteiger partial charge in [0.1, 0.15) is 5.82 Å². The highest BCUT2D eigenvalue weighted by molar-refractivity contribution is 9.09. The third kappa shape index (κ3) is 2.57. The van der Waals surface area contributed by atoms with Gasteiger partial charge in [0.15, 0.2) is 0 Å². The first-order chi connectivity index (χ1) is 5.74. The Bertz CT molecular complexity index is 252. The van der Waals surface area contributed by atoms with Crippen molar-refractivity contribution < 1.29 is 4.39 Å². The standard InChI is InChI=1S/C9H11BrFN/c1-12(7-10)6-8-4-2-3-5-9(8)11/h2-5H,6-7H2,1H3. The van der Waals surface area contributed by atoms with Crippen LogP contribution in [0.25, 0.3) is 0 Å². The summed E-state index contributed by atoms with van der Waals surface area (Å²) in [5, 5.41) is 0. The molecule has 0 saturated carbocycles. The number of alkyl halides is 1. The van der Waals surface area contributed by atoms with Crippen LogP contribution in [0.4, 0.5) is 4.39 Å². The smallest absolute Gasteiger partial charge is 0.127 e. The van der Waals surface area contributed by atoms with Crippen molar-refractivity contribution in [2.75, 3.05) is 12.5 Å². The highest BCUT2D eigenvalue weighted by Crippen LogP contribution is 2.08. The molecule has 1 aromatic carbocycles. The van der Waals surface area contributed by atoms with Crippen LogP contribution in [0.2, 0.25) is 0 Å². The molecule has 0 fully saturated rings. The second-order valence-corrected chi connectivity index (χ2v) is 3.23. The maximum Gasteiger partial charge on any atom is 0.127 e. The molecule has 0 radical (unpaired) electrons. The maximum atomic E-state index is 13.0. The van der Waals surface area contributed by atoms with E-state index in [1.807, 2.05) is 18.0 Å². The van der Waals surface area contributed by atoms with E-state index in [0.717, 1.165) is 11.0 Å². The van der Waals surface area contributed by atoms with Gasteiger partial charge in [-0.1, -0.05) is 34.1 Å². The molecule has 66 valence electrons. The largest absolute Gasteiger partial charge is 0.292 e. The van der Waals surface area contributed by atoms with Crippen molar-refractivity contribution in [1.82, 2.24) is 4.90 Å². The Kier molecular flexibility index (Phi) is 3.69. The summed E-state index contributed by atoms with van der Waals surface area (Å²) in [5.74, 6) is -0.134. The molecule has 1 aromatic rings. The minimum atomic E-state index is -0.134. The Hall–Kier alpha value is -0.410. The molecule has 0 heterocycles. The summed E-state index contributed by atoms with van der Waals surface area (Å²) in [6, 6.07) is 6.83. The second-order valence-electron chi connectivity index (χ2n) is 2.73. The van der Waals surface area contributed by atoms with Gasteiger partial charge in [0, 0.05) is 12.1 Å². The molecule has 1 nitrogen and oxygen atoms in total. The van der Waals surface area contributed by atoms with Crippen LogP contribution in [-0.4, -0.2) is 17.4 Å². The van der Waals surface area contributed by atoms with Gasteiger partial charge in [-0.05, 0) is 13.1 Å². The molecule has 0 N–H and O–H groups in total. The topological polar surface area (TPSA) is 3.24 Å². The van der Waals surface area contributed by atoms with Crippen LogP contribution in [0.5, 0.6) is 0 Å². The van der Waals surface area contributed by atoms with Crippen molar-refractivity contribution in [3.05, 3.63) is 35.6 Å². The molecular formula is C9H11BrFN. The highest BCUT2D eigenvalue weighted by atomic mass is 79.9. The van der Waals surface area contributed by atoms with Crippen LogP contribution in [-0.2, 0) is 6.54 Å². The van der Waals surface area contributed by atoms with E-state index in [9.17, 15) is 4.39 Å². The summed E-state index contributed by atoms with van der Waals surface area (Å²) in [7, 11) is 1.93. The Balaban J connectivity index is 2.69. The Labute approximate surface area is 80.3 Å². The fourth-order valence-corrected chi connectivity index (χ4v) is 1.14. The molecule has 0 aromatic heterocycles. The molecule has 0 aliphatic heterocycles. The van der Waals surface area contributed by atoms with E-state index in [0.29, 0.717) is 6.54 Å². The van der Waals surface area contributed by atoms with Gasteiger partial charge in [-0.2, -0.15) is 0 Å². The fraction of sp³-hybridized carbons (Fsp3) is 0.333. The van der Waals surface area contributed by atoms with Gasteiger partial charge in [0.05, 0.1) is 5.45 Å². The average molecular weight is 232 g/mol. The Morgan fingerprint density at radius 1 is 1.42 bits per heavy atom. The lowest BCUT2D eigenvalue weighted by atomic mass is 10.2. The van der Waals surface area contributed by atoms with E-state index >= 15 is 0 Å². The van der Waals surface area contributed by atoms with Crippen LogP contribution in [0, 0.1) is 5.82 Å². The van der Waals surface area contributed by atoms with Crippen molar-refractivity contribution in [3.8, 4) is 0 Å². The van der Waals surface area contributed by atoms with Gasteiger partial charge >= 0.3 is 0 Å². The molecular weight excluding hydrogens is 221 g/mol. The molecule has 0 spiro atoms. The highest BCUT2D eigenvalue weighted by Gasteiger charge is 2.02. The first-order valence-corrected chi connectivity index (χ1v) is 4.84. The molecule has 0 aliphatic carbocycles. The lowest BCUT2D eigenvalue weighted by Gasteiger charge is -2.12. The lowest BCUT2D eigenvalue weighted by molar-refractivity contribution is 0.381. The molecule has 3 heteroatoms. The van der Waals surface area contributed by atoms with Gasteiger partial charge in [-0.25, -0.2) is 4.39 Å². The summed E-state index contributed by atoms with van der Waals surface area (Å²) >= 11 is 3.30. The number of hydrogen-bond donors (Lipinski definition) is 0. The third-order valence-corrected chi connectivity index (χ3v) is 2.46. The van der Waals surface area contributed by atoms with Gasteiger partial charge in [-0.15, -0.1) is 0 Å². The third-order valence-electron chi connectivity index (χ3n) is 1.60. The van der Waals surface area contributed by atoms with E-state index in [1.165, 1.54) is 6.07 Å².